The molecule has 0 atom stereocenters. The third kappa shape index (κ3) is 2.76. The quantitative estimate of drug-likeness (QED) is 0.558. The summed E-state index contributed by atoms with van der Waals surface area (Å²) in [7, 11) is 0. The van der Waals surface area contributed by atoms with Gasteiger partial charge in [-0.25, -0.2) is 4.79 Å². The van der Waals surface area contributed by atoms with Crippen LogP contribution in [0.25, 0.3) is 0 Å². The molecular weight excluding hydrogens is 199 g/mol. The molecule has 0 aliphatic heterocycles. The third-order valence-corrected chi connectivity index (χ3v) is 2.06. The molecule has 0 aliphatic carbocycles. The summed E-state index contributed by atoms with van der Waals surface area (Å²) in [6, 6.07) is 6.87. The van der Waals surface area contributed by atoms with E-state index in [4.69, 9.17) is 0 Å². The molecule has 0 aliphatic rings. The van der Waals surface area contributed by atoms with Gasteiger partial charge in [-0.05, 0) is 21.6 Å². The zero-order chi connectivity index (χ0) is 11.5. The van der Waals surface area contributed by atoms with Crippen molar-refractivity contribution in [2.24, 2.45) is 0 Å². The van der Waals surface area contributed by atoms with Crippen molar-refractivity contribution in [2.45, 2.75) is 26.2 Å². The smallest absolute Gasteiger partial charge is 0.259 e. The Morgan fingerprint density at radius 1 is 1.27 bits per heavy atom. The van der Waals surface area contributed by atoms with Crippen LogP contribution in [-0.4, -0.2) is 5.97 Å². The van der Waals surface area contributed by atoms with Crippen LogP contribution in [-0.2, 0) is 15.4 Å². The number of hydrogen-bond donors (Lipinski definition) is 0. The molecule has 3 nitrogen and oxygen atoms in total. The molecular formula is C11H13FO3. The van der Waals surface area contributed by atoms with E-state index in [-0.39, 0.29) is 5.41 Å². The normalized spacial score (nSPS) is 11.2. The van der Waals surface area contributed by atoms with Crippen LogP contribution in [0.5, 0.6) is 0 Å². The Balaban J connectivity index is 3.12. The standard InChI is InChI=1S/C11H13FO3/c1-11(2,3)9-7-5-4-6-8(9)10(13)14-15-12/h4-7H,1-3H3. The molecule has 1 aromatic carbocycles. The zero-order valence-corrected chi connectivity index (χ0v) is 8.91. The maximum absolute atomic E-state index is 11.4. The van der Waals surface area contributed by atoms with Crippen LogP contribution in [0.4, 0.5) is 4.53 Å². The van der Waals surface area contributed by atoms with E-state index in [2.05, 4.69) is 9.98 Å². The van der Waals surface area contributed by atoms with Gasteiger partial charge in [-0.3, -0.25) is 4.89 Å². The molecule has 0 amide bonds. The van der Waals surface area contributed by atoms with Crippen LogP contribution in [0.1, 0.15) is 36.7 Å². The second-order valence-electron chi connectivity index (χ2n) is 4.23. The number of benzene rings is 1. The predicted octanol–water partition coefficient (Wildman–Crippen LogP) is 2.96. The van der Waals surface area contributed by atoms with Gasteiger partial charge in [0.05, 0.1) is 5.56 Å². The van der Waals surface area contributed by atoms with Gasteiger partial charge in [0.25, 0.3) is 0 Å². The Bertz CT molecular complexity index is 355. The van der Waals surface area contributed by atoms with Crippen molar-refractivity contribution in [3.8, 4) is 0 Å². The topological polar surface area (TPSA) is 35.5 Å². The number of carbonyl (C=O) groups is 1. The third-order valence-electron chi connectivity index (χ3n) is 2.06. The van der Waals surface area contributed by atoms with Crippen molar-refractivity contribution in [1.29, 1.82) is 0 Å². The molecule has 15 heavy (non-hydrogen) atoms. The molecule has 1 rings (SSSR count). The van der Waals surface area contributed by atoms with Crippen molar-refractivity contribution in [1.82, 2.24) is 0 Å². The number of rotatable bonds is 2. The highest BCUT2D eigenvalue weighted by Crippen LogP contribution is 2.26. The van der Waals surface area contributed by atoms with Gasteiger partial charge in [-0.1, -0.05) is 39.0 Å². The lowest BCUT2D eigenvalue weighted by atomic mass is 9.84. The van der Waals surface area contributed by atoms with E-state index >= 15 is 0 Å². The minimum absolute atomic E-state index is 0.216. The van der Waals surface area contributed by atoms with E-state index in [1.807, 2.05) is 26.8 Å². The molecule has 0 radical (unpaired) electrons. The van der Waals surface area contributed by atoms with E-state index in [1.54, 1.807) is 18.2 Å². The summed E-state index contributed by atoms with van der Waals surface area (Å²) in [4.78, 5) is 15.2. The Hall–Kier alpha value is -1.42. The van der Waals surface area contributed by atoms with Crippen LogP contribution in [0.3, 0.4) is 0 Å². The minimum Gasteiger partial charge on any atom is -0.259 e. The lowest BCUT2D eigenvalue weighted by molar-refractivity contribution is -0.388. The summed E-state index contributed by atoms with van der Waals surface area (Å²) in [5.41, 5.74) is 0.876. The fraction of sp³-hybridized carbons (Fsp3) is 0.364. The fourth-order valence-corrected chi connectivity index (χ4v) is 1.39. The summed E-state index contributed by atoms with van der Waals surface area (Å²) in [5.74, 6) is -0.831. The minimum atomic E-state index is -0.831. The van der Waals surface area contributed by atoms with Crippen molar-refractivity contribution in [3.05, 3.63) is 35.4 Å². The van der Waals surface area contributed by atoms with E-state index in [0.717, 1.165) is 5.56 Å². The molecule has 0 saturated carbocycles. The number of hydrogen-bond acceptors (Lipinski definition) is 3. The maximum atomic E-state index is 11.4. The van der Waals surface area contributed by atoms with Gasteiger partial charge < -0.3 is 0 Å². The lowest BCUT2D eigenvalue weighted by Crippen LogP contribution is -2.17. The second-order valence-corrected chi connectivity index (χ2v) is 4.23. The Morgan fingerprint density at radius 3 is 2.40 bits per heavy atom. The van der Waals surface area contributed by atoms with Gasteiger partial charge in [-0.15, -0.1) is 0 Å². The molecule has 0 spiro atoms. The number of halogens is 1. The highest BCUT2D eigenvalue weighted by Gasteiger charge is 2.22. The molecule has 0 bridgehead atoms. The summed E-state index contributed by atoms with van der Waals surface area (Å²) >= 11 is 0. The molecule has 1 aromatic rings. The molecule has 4 heteroatoms. The predicted molar refractivity (Wildman–Crippen MR) is 52.8 cm³/mol. The molecule has 0 aromatic heterocycles. The van der Waals surface area contributed by atoms with E-state index in [0.29, 0.717) is 5.56 Å². The van der Waals surface area contributed by atoms with Gasteiger partial charge in [0.1, 0.15) is 0 Å². The molecule has 0 N–H and O–H groups in total. The monoisotopic (exact) mass is 212 g/mol. The van der Waals surface area contributed by atoms with Crippen molar-refractivity contribution >= 4 is 5.97 Å². The Kier molecular flexibility index (Phi) is 3.42. The van der Waals surface area contributed by atoms with Crippen LogP contribution in [0, 0.1) is 0 Å². The van der Waals surface area contributed by atoms with E-state index < -0.39 is 5.97 Å². The molecule has 0 heterocycles. The zero-order valence-electron chi connectivity index (χ0n) is 8.91. The van der Waals surface area contributed by atoms with Gasteiger partial charge in [0, 0.05) is 5.09 Å². The van der Waals surface area contributed by atoms with Crippen molar-refractivity contribution in [3.63, 3.8) is 0 Å². The van der Waals surface area contributed by atoms with Gasteiger partial charge >= 0.3 is 5.97 Å². The highest BCUT2D eigenvalue weighted by atomic mass is 19.3. The molecule has 0 fully saturated rings. The molecule has 0 unspecified atom stereocenters. The molecule has 0 saturated heterocycles. The van der Waals surface area contributed by atoms with Gasteiger partial charge in [0.2, 0.25) is 0 Å². The largest absolute Gasteiger partial charge is 0.376 e. The first kappa shape index (κ1) is 11.7. The van der Waals surface area contributed by atoms with Crippen LogP contribution < -0.4 is 0 Å². The van der Waals surface area contributed by atoms with Crippen molar-refractivity contribution in [2.75, 3.05) is 0 Å². The summed E-state index contributed by atoms with van der Waals surface area (Å²) < 4.78 is 11.4. The first-order valence-corrected chi connectivity index (χ1v) is 4.56. The highest BCUT2D eigenvalue weighted by molar-refractivity contribution is 5.91. The number of carbonyl (C=O) groups excluding carboxylic acids is 1. The van der Waals surface area contributed by atoms with E-state index in [1.165, 1.54) is 0 Å². The molecule has 82 valence electrons. The fourth-order valence-electron chi connectivity index (χ4n) is 1.39. The Labute approximate surface area is 87.6 Å². The van der Waals surface area contributed by atoms with Crippen LogP contribution in [0.15, 0.2) is 24.3 Å². The average molecular weight is 212 g/mol. The van der Waals surface area contributed by atoms with Crippen LogP contribution >= 0.6 is 0 Å². The summed E-state index contributed by atoms with van der Waals surface area (Å²) in [6.07, 6.45) is 0. The first-order valence-electron chi connectivity index (χ1n) is 4.56. The second kappa shape index (κ2) is 4.40. The summed E-state index contributed by atoms with van der Waals surface area (Å²) in [6.45, 7) is 5.86. The van der Waals surface area contributed by atoms with Crippen molar-refractivity contribution < 1.29 is 19.3 Å². The SMILES string of the molecule is CC(C)(C)c1ccccc1C(=O)OOF. The summed E-state index contributed by atoms with van der Waals surface area (Å²) in [5, 5.41) is 2.88. The van der Waals surface area contributed by atoms with Gasteiger partial charge in [-0.2, -0.15) is 0 Å². The maximum Gasteiger partial charge on any atom is 0.376 e. The average Bonchev–Trinajstić information content (AvgIpc) is 2.17. The van der Waals surface area contributed by atoms with E-state index in [9.17, 15) is 9.32 Å². The van der Waals surface area contributed by atoms with Crippen LogP contribution in [0.2, 0.25) is 0 Å². The lowest BCUT2D eigenvalue weighted by Gasteiger charge is -2.21. The Morgan fingerprint density at radius 2 is 1.87 bits per heavy atom. The van der Waals surface area contributed by atoms with Gasteiger partial charge in [0.15, 0.2) is 0 Å². The first-order chi connectivity index (χ1) is 6.96.